The van der Waals surface area contributed by atoms with Gasteiger partial charge in [-0.25, -0.2) is 0 Å². The Hall–Kier alpha value is -6.15. The highest BCUT2D eigenvalue weighted by molar-refractivity contribution is 8.76. The van der Waals surface area contributed by atoms with Crippen molar-refractivity contribution in [3.8, 4) is 5.75 Å². The van der Waals surface area contributed by atoms with Gasteiger partial charge in [-0.15, -0.1) is 0 Å². The lowest BCUT2D eigenvalue weighted by Crippen LogP contribution is -2.61. The molecule has 1 aromatic rings. The molecule has 2 aliphatic heterocycles. The normalized spacial score (nSPS) is 23.7. The predicted octanol–water partition coefficient (Wildman–Crippen LogP) is -2.58. The number of amides is 11. The van der Waals surface area contributed by atoms with Crippen LogP contribution >= 0.6 is 21.6 Å². The van der Waals surface area contributed by atoms with Crippen molar-refractivity contribution in [2.75, 3.05) is 24.6 Å². The van der Waals surface area contributed by atoms with Gasteiger partial charge in [0.05, 0.1) is 19.0 Å². The van der Waals surface area contributed by atoms with Crippen LogP contribution in [0.3, 0.4) is 0 Å². The number of nitrogens with one attached hydrogen (secondary N) is 7. The SMILES string of the molecule is CC(=O)N[C@@H](CC(C)C)C(=O)NCC(N)=O.CCC(C)[C@@H]1NC(=O)[C@H](Cc2ccc(O)cc2)NC(=O)[C@@H](N)CSSC[C@@H](C(=O)N2CCC[C@H]2C)NC(=O)[C@H](CC(N)=O)NC(=O)[C@H](CCC(N)=O)NC1=O. The lowest BCUT2D eigenvalue weighted by Gasteiger charge is -2.30. The number of phenols is 1. The summed E-state index contributed by atoms with van der Waals surface area (Å²) in [5, 5.41) is 27.7. The second-order valence-electron chi connectivity index (χ2n) is 17.9. The maximum absolute atomic E-state index is 13.9. The van der Waals surface area contributed by atoms with Gasteiger partial charge in [0.2, 0.25) is 65.0 Å². The molecule has 0 spiro atoms. The minimum absolute atomic E-state index is 0.00665. The third-order valence-electron chi connectivity index (χ3n) is 11.3. The van der Waals surface area contributed by atoms with Crippen molar-refractivity contribution in [2.45, 2.75) is 141 Å². The quantitative estimate of drug-likeness (QED) is 0.0757. The van der Waals surface area contributed by atoms with E-state index in [0.29, 0.717) is 24.9 Å². The average Bonchev–Trinajstić information content (AvgIpc) is 3.73. The Bertz CT molecular complexity index is 2050. The van der Waals surface area contributed by atoms with Crippen molar-refractivity contribution in [2.24, 2.45) is 34.8 Å². The molecule has 2 aliphatic rings. The van der Waals surface area contributed by atoms with Gasteiger partial charge < -0.3 is 70.2 Å². The number of hydrogen-bond donors (Lipinski definition) is 12. The Morgan fingerprint density at radius 2 is 1.38 bits per heavy atom. The first-order chi connectivity index (χ1) is 33.3. The Morgan fingerprint density at radius 1 is 0.789 bits per heavy atom. The third-order valence-corrected chi connectivity index (χ3v) is 13.8. The van der Waals surface area contributed by atoms with Gasteiger partial charge in [0.25, 0.3) is 0 Å². The summed E-state index contributed by atoms with van der Waals surface area (Å²) < 4.78 is 0. The standard InChI is InChI=1S/C35H53N9O9S2.C10H19N3O3/c1-4-18(2)29-34(52)39-23(11-12-27(37)46)31(49)41-25(15-28(38)47)32(50)42-26(35(53)44-13-5-6-19(44)3)17-55-54-16-22(36)30(48)40-24(33(51)43-29)14-20-7-9-21(45)10-8-20;1-6(2)4-8(13-7(3)14)10(16)12-5-9(11)15/h7-10,18-19,22-26,29,45H,4-6,11-17,36H2,1-3H3,(H2,37,46)(H2,38,47)(H,39,52)(H,40,48)(H,41,49)(H,42,50)(H,43,51);6,8H,4-5H2,1-3H3,(H2,11,15)(H,12,16)(H,13,14)/t18?,19-,22+,23+,24+,25+,26+,29+;8-/m10/s1. The molecule has 26 heteroatoms. The second-order valence-corrected chi connectivity index (χ2v) is 20.5. The monoisotopic (exact) mass is 1040 g/mol. The Kier molecular flexibility index (Phi) is 26.2. The minimum atomic E-state index is -1.57. The number of phenolic OH excluding ortho intramolecular Hbond substituents is 1. The molecular weight excluding hydrogens is 965 g/mol. The number of primary amides is 3. The molecule has 0 saturated carbocycles. The number of nitrogens with two attached hydrogens (primary N) is 4. The van der Waals surface area contributed by atoms with Crippen molar-refractivity contribution >= 4 is 86.6 Å². The Balaban J connectivity index is 0.000000920. The van der Waals surface area contributed by atoms with Gasteiger partial charge in [-0.05, 0) is 62.1 Å². The molecule has 11 amide bonds. The van der Waals surface area contributed by atoms with Crippen LogP contribution < -0.4 is 60.2 Å². The number of likely N-dealkylation sites (tertiary alicyclic amines) is 1. The van der Waals surface area contributed by atoms with E-state index in [4.69, 9.17) is 22.9 Å². The van der Waals surface area contributed by atoms with E-state index in [1.165, 1.54) is 19.1 Å². The van der Waals surface area contributed by atoms with E-state index < -0.39 is 102 Å². The first-order valence-corrected chi connectivity index (χ1v) is 25.8. The largest absolute Gasteiger partial charge is 0.508 e. The summed E-state index contributed by atoms with van der Waals surface area (Å²) in [5.41, 5.74) is 22.5. The zero-order valence-corrected chi connectivity index (χ0v) is 42.7. The molecule has 1 aromatic carbocycles. The molecule has 16 N–H and O–H groups in total. The summed E-state index contributed by atoms with van der Waals surface area (Å²) in [6.45, 7) is 10.8. The summed E-state index contributed by atoms with van der Waals surface area (Å²) in [6.07, 6.45) is 1.08. The number of hydrogen-bond acceptors (Lipinski definition) is 15. The molecule has 2 saturated heterocycles. The molecule has 9 atom stereocenters. The van der Waals surface area contributed by atoms with Gasteiger partial charge in [0, 0.05) is 43.9 Å². The molecule has 0 aliphatic carbocycles. The van der Waals surface area contributed by atoms with Crippen LogP contribution in [0.25, 0.3) is 0 Å². The topological polar surface area (TPSA) is 400 Å². The van der Waals surface area contributed by atoms with Gasteiger partial charge in [0.1, 0.15) is 42.0 Å². The third kappa shape index (κ3) is 22.2. The molecule has 3 rings (SSSR count). The van der Waals surface area contributed by atoms with Crippen molar-refractivity contribution < 1.29 is 57.8 Å². The van der Waals surface area contributed by atoms with E-state index in [9.17, 15) is 57.8 Å². The van der Waals surface area contributed by atoms with E-state index in [0.717, 1.165) is 34.4 Å². The highest BCUT2D eigenvalue weighted by atomic mass is 33.1. The number of nitrogens with zero attached hydrogens (tertiary/aromatic N) is 1. The van der Waals surface area contributed by atoms with Crippen LogP contribution in [-0.2, 0) is 59.2 Å². The number of carbonyl (C=O) groups excluding carboxylic acids is 11. The average molecular weight is 1040 g/mol. The maximum Gasteiger partial charge on any atom is 0.246 e. The van der Waals surface area contributed by atoms with Gasteiger partial charge in [-0.2, -0.15) is 0 Å². The summed E-state index contributed by atoms with van der Waals surface area (Å²) in [6, 6.07) is -2.48. The predicted molar refractivity (Wildman–Crippen MR) is 266 cm³/mol. The zero-order valence-electron chi connectivity index (χ0n) is 41.1. The maximum atomic E-state index is 13.9. The van der Waals surface area contributed by atoms with Crippen LogP contribution in [0.15, 0.2) is 24.3 Å². The van der Waals surface area contributed by atoms with E-state index in [1.807, 2.05) is 20.8 Å². The number of benzene rings is 1. The smallest absolute Gasteiger partial charge is 0.246 e. The lowest BCUT2D eigenvalue weighted by molar-refractivity contribution is -0.138. The van der Waals surface area contributed by atoms with Crippen molar-refractivity contribution in [3.63, 3.8) is 0 Å². The van der Waals surface area contributed by atoms with Gasteiger partial charge in [-0.3, -0.25) is 52.7 Å². The van der Waals surface area contributed by atoms with Crippen LogP contribution in [-0.4, -0.2) is 148 Å². The van der Waals surface area contributed by atoms with E-state index >= 15 is 0 Å². The van der Waals surface area contributed by atoms with E-state index in [-0.39, 0.29) is 72.7 Å². The van der Waals surface area contributed by atoms with Crippen LogP contribution in [0.1, 0.15) is 92.1 Å². The molecular formula is C45H72N12O12S2. The van der Waals surface area contributed by atoms with Crippen LogP contribution in [0.4, 0.5) is 0 Å². The molecule has 2 heterocycles. The van der Waals surface area contributed by atoms with Crippen molar-refractivity contribution in [3.05, 3.63) is 29.8 Å². The molecule has 0 aromatic heterocycles. The highest BCUT2D eigenvalue weighted by Gasteiger charge is 2.37. The van der Waals surface area contributed by atoms with Crippen molar-refractivity contribution in [1.29, 1.82) is 0 Å². The number of aromatic hydroxyl groups is 1. The number of rotatable bonds is 16. The molecule has 396 valence electrons. The molecule has 2 fully saturated rings. The first kappa shape index (κ1) is 61.0. The summed E-state index contributed by atoms with van der Waals surface area (Å²) >= 11 is 0. The minimum Gasteiger partial charge on any atom is -0.508 e. The summed E-state index contributed by atoms with van der Waals surface area (Å²) in [4.78, 5) is 141. The van der Waals surface area contributed by atoms with Crippen molar-refractivity contribution in [1.82, 2.24) is 42.1 Å². The lowest BCUT2D eigenvalue weighted by atomic mass is 9.96. The Labute approximate surface area is 421 Å². The fourth-order valence-electron chi connectivity index (χ4n) is 7.28. The first-order valence-electron chi connectivity index (χ1n) is 23.3. The molecule has 0 radical (unpaired) electrons. The van der Waals surface area contributed by atoms with Gasteiger partial charge in [0.15, 0.2) is 0 Å². The fourth-order valence-corrected chi connectivity index (χ4v) is 9.56. The molecule has 0 bridgehead atoms. The summed E-state index contributed by atoms with van der Waals surface area (Å²) in [7, 11) is 2.33. The molecule has 71 heavy (non-hydrogen) atoms. The zero-order chi connectivity index (χ0) is 53.5. The highest BCUT2D eigenvalue weighted by Crippen LogP contribution is 2.25. The Morgan fingerprint density at radius 3 is 1.93 bits per heavy atom. The van der Waals surface area contributed by atoms with Gasteiger partial charge in [-0.1, -0.05) is 67.8 Å². The number of carbonyl (C=O) groups is 11. The fraction of sp³-hybridized carbons (Fsp3) is 0.622. The van der Waals surface area contributed by atoms with Gasteiger partial charge >= 0.3 is 0 Å². The van der Waals surface area contributed by atoms with Crippen LogP contribution in [0.5, 0.6) is 5.75 Å². The van der Waals surface area contributed by atoms with E-state index in [2.05, 4.69) is 37.2 Å². The van der Waals surface area contributed by atoms with E-state index in [1.54, 1.807) is 30.9 Å². The second kappa shape index (κ2) is 30.6. The molecule has 24 nitrogen and oxygen atoms in total. The van der Waals surface area contributed by atoms with Crippen LogP contribution in [0, 0.1) is 11.8 Å². The molecule has 1 unspecified atom stereocenters. The van der Waals surface area contributed by atoms with Crippen LogP contribution in [0.2, 0.25) is 0 Å². The summed E-state index contributed by atoms with van der Waals surface area (Å²) in [5.74, 6) is -7.65.